The average Bonchev–Trinajstić information content (AvgIpc) is 3.30. The number of ether oxygens (including phenoxy) is 1. The molecule has 0 amide bonds. The highest BCUT2D eigenvalue weighted by Crippen LogP contribution is 2.28. The molecule has 3 aromatic heterocycles. The zero-order valence-electron chi connectivity index (χ0n) is 18.2. The number of hydrogen-bond acceptors (Lipinski definition) is 9. The maximum Gasteiger partial charge on any atom is 0.227 e. The molecule has 0 saturated carbocycles. The number of anilines is 4. The summed E-state index contributed by atoms with van der Waals surface area (Å²) in [4.78, 5) is 22.3. The van der Waals surface area contributed by atoms with Crippen LogP contribution in [0.4, 0.5) is 23.3 Å². The van der Waals surface area contributed by atoms with Crippen LogP contribution >= 0.6 is 0 Å². The summed E-state index contributed by atoms with van der Waals surface area (Å²) in [6, 6.07) is 9.78. The Morgan fingerprint density at radius 3 is 2.67 bits per heavy atom. The molecule has 5 heterocycles. The second-order valence-electron chi connectivity index (χ2n) is 8.02. The molecule has 5 rings (SSSR count). The number of nitrogens with zero attached hydrogens (tertiary/aromatic N) is 7. The van der Waals surface area contributed by atoms with Gasteiger partial charge < -0.3 is 19.9 Å². The first kappa shape index (κ1) is 20.8. The highest BCUT2D eigenvalue weighted by atomic mass is 16.5. The smallest absolute Gasteiger partial charge is 0.227 e. The first-order valence-electron chi connectivity index (χ1n) is 10.9. The largest absolute Gasteiger partial charge is 0.378 e. The van der Waals surface area contributed by atoms with Crippen molar-refractivity contribution in [1.82, 2.24) is 19.9 Å². The first-order valence-corrected chi connectivity index (χ1v) is 10.9. The molecule has 2 aliphatic heterocycles. The lowest BCUT2D eigenvalue weighted by atomic mass is 10.1. The van der Waals surface area contributed by atoms with Crippen molar-refractivity contribution >= 4 is 23.3 Å². The lowest BCUT2D eigenvalue weighted by Gasteiger charge is -2.28. The van der Waals surface area contributed by atoms with E-state index in [1.807, 2.05) is 24.3 Å². The average molecular weight is 441 g/mol. The fourth-order valence-corrected chi connectivity index (χ4v) is 4.00. The van der Waals surface area contributed by atoms with E-state index in [9.17, 15) is 5.26 Å². The van der Waals surface area contributed by atoms with E-state index in [0.717, 1.165) is 55.2 Å². The second-order valence-corrected chi connectivity index (χ2v) is 8.02. The number of nitrogens with one attached hydrogen (secondary N) is 1. The molecule has 166 valence electrons. The number of rotatable bonds is 5. The second kappa shape index (κ2) is 9.22. The quantitative estimate of drug-likeness (QED) is 0.599. The molecule has 0 aliphatic carbocycles. The predicted octanol–water partition coefficient (Wildman–Crippen LogP) is 3.15. The van der Waals surface area contributed by atoms with Crippen LogP contribution in [0.2, 0.25) is 0 Å². The molecule has 2 saturated heterocycles. The lowest BCUT2D eigenvalue weighted by Crippen LogP contribution is -2.36. The van der Waals surface area contributed by atoms with Crippen LogP contribution in [0.3, 0.4) is 0 Å². The number of pyridine rings is 2. The Labute approximate surface area is 192 Å². The molecule has 1 N–H and O–H groups in total. The SMILES string of the molecule is C=C1CCN(c2ncc(-c3ccnc(Nc4ccnc(N5CCOCC5)c4)n3)cc2C#N)C1. The Kier molecular flexibility index (Phi) is 5.83. The fourth-order valence-electron chi connectivity index (χ4n) is 4.00. The summed E-state index contributed by atoms with van der Waals surface area (Å²) < 4.78 is 5.42. The standard InChI is InChI=1S/C24H24N8O/c1-17-4-7-32(16-17)23-18(14-25)12-19(15-28-23)21-3-6-27-24(30-21)29-20-2-5-26-22(13-20)31-8-10-33-11-9-31/h2-3,5-6,12-13,15H,1,4,7-11,16H2,(H,26,27,29,30). The molecule has 9 heteroatoms. The molecule has 0 spiro atoms. The number of hydrogen-bond donors (Lipinski definition) is 1. The molecule has 3 aromatic rings. The van der Waals surface area contributed by atoms with Crippen molar-refractivity contribution in [2.75, 3.05) is 54.5 Å². The van der Waals surface area contributed by atoms with Crippen molar-refractivity contribution in [3.05, 3.63) is 60.6 Å². The van der Waals surface area contributed by atoms with Gasteiger partial charge in [0.25, 0.3) is 0 Å². The van der Waals surface area contributed by atoms with Gasteiger partial charge in [-0.2, -0.15) is 5.26 Å². The van der Waals surface area contributed by atoms with Crippen LogP contribution in [0.1, 0.15) is 12.0 Å². The van der Waals surface area contributed by atoms with Gasteiger partial charge in [-0.3, -0.25) is 0 Å². The zero-order chi connectivity index (χ0) is 22.6. The Morgan fingerprint density at radius 1 is 1.03 bits per heavy atom. The van der Waals surface area contributed by atoms with Crippen LogP contribution in [0.25, 0.3) is 11.3 Å². The van der Waals surface area contributed by atoms with Crippen molar-refractivity contribution in [2.24, 2.45) is 0 Å². The van der Waals surface area contributed by atoms with E-state index in [-0.39, 0.29) is 0 Å². The van der Waals surface area contributed by atoms with E-state index in [1.54, 1.807) is 18.6 Å². The van der Waals surface area contributed by atoms with Crippen molar-refractivity contribution in [3.8, 4) is 17.3 Å². The van der Waals surface area contributed by atoms with E-state index in [1.165, 1.54) is 0 Å². The van der Waals surface area contributed by atoms with E-state index in [0.29, 0.717) is 36.2 Å². The minimum absolute atomic E-state index is 0.463. The van der Waals surface area contributed by atoms with E-state index in [2.05, 4.69) is 47.7 Å². The van der Waals surface area contributed by atoms with Crippen molar-refractivity contribution in [3.63, 3.8) is 0 Å². The highest BCUT2D eigenvalue weighted by Gasteiger charge is 2.20. The lowest BCUT2D eigenvalue weighted by molar-refractivity contribution is 0.122. The molecule has 2 fully saturated rings. The number of morpholine rings is 1. The van der Waals surface area contributed by atoms with Gasteiger partial charge in [0.1, 0.15) is 17.7 Å². The van der Waals surface area contributed by atoms with Gasteiger partial charge in [-0.15, -0.1) is 0 Å². The van der Waals surface area contributed by atoms with Crippen LogP contribution in [0.5, 0.6) is 0 Å². The predicted molar refractivity (Wildman–Crippen MR) is 126 cm³/mol. The summed E-state index contributed by atoms with van der Waals surface area (Å²) in [5.41, 5.74) is 3.99. The van der Waals surface area contributed by atoms with Crippen LogP contribution in [-0.4, -0.2) is 59.3 Å². The fraction of sp³-hybridized carbons (Fsp3) is 0.292. The van der Waals surface area contributed by atoms with Crippen LogP contribution in [0.15, 0.2) is 55.0 Å². The maximum atomic E-state index is 9.70. The zero-order valence-corrected chi connectivity index (χ0v) is 18.2. The molecule has 9 nitrogen and oxygen atoms in total. The van der Waals surface area contributed by atoms with Gasteiger partial charge in [0, 0.05) is 62.1 Å². The summed E-state index contributed by atoms with van der Waals surface area (Å²) in [6.07, 6.45) is 6.15. The van der Waals surface area contributed by atoms with Crippen molar-refractivity contribution in [1.29, 1.82) is 5.26 Å². The third kappa shape index (κ3) is 4.61. The monoisotopic (exact) mass is 440 g/mol. The number of aromatic nitrogens is 4. The van der Waals surface area contributed by atoms with Crippen LogP contribution in [-0.2, 0) is 4.74 Å². The summed E-state index contributed by atoms with van der Waals surface area (Å²) in [6.45, 7) is 8.65. The minimum Gasteiger partial charge on any atom is -0.378 e. The Morgan fingerprint density at radius 2 is 1.88 bits per heavy atom. The normalized spacial score (nSPS) is 16.0. The van der Waals surface area contributed by atoms with Gasteiger partial charge in [0.2, 0.25) is 5.95 Å². The van der Waals surface area contributed by atoms with E-state index < -0.39 is 0 Å². The summed E-state index contributed by atoms with van der Waals surface area (Å²) in [5.74, 6) is 2.05. The summed E-state index contributed by atoms with van der Waals surface area (Å²) in [5, 5.41) is 13.0. The Bertz CT molecular complexity index is 1220. The molecule has 0 radical (unpaired) electrons. The third-order valence-corrected chi connectivity index (χ3v) is 5.72. The summed E-state index contributed by atoms with van der Waals surface area (Å²) >= 11 is 0. The van der Waals surface area contributed by atoms with Crippen LogP contribution < -0.4 is 15.1 Å². The van der Waals surface area contributed by atoms with E-state index >= 15 is 0 Å². The molecule has 0 unspecified atom stereocenters. The van der Waals surface area contributed by atoms with Gasteiger partial charge in [-0.1, -0.05) is 12.2 Å². The van der Waals surface area contributed by atoms with Gasteiger partial charge in [0.05, 0.1) is 24.5 Å². The van der Waals surface area contributed by atoms with Gasteiger partial charge in [-0.05, 0) is 24.6 Å². The molecular weight excluding hydrogens is 416 g/mol. The summed E-state index contributed by atoms with van der Waals surface area (Å²) in [7, 11) is 0. The third-order valence-electron chi connectivity index (χ3n) is 5.72. The molecule has 2 aliphatic rings. The van der Waals surface area contributed by atoms with Crippen molar-refractivity contribution in [2.45, 2.75) is 6.42 Å². The van der Waals surface area contributed by atoms with Gasteiger partial charge >= 0.3 is 0 Å². The molecule has 0 bridgehead atoms. The van der Waals surface area contributed by atoms with Gasteiger partial charge in [-0.25, -0.2) is 19.9 Å². The molecular formula is C24H24N8O. The maximum absolute atomic E-state index is 9.70. The number of nitriles is 1. The molecule has 0 atom stereocenters. The minimum atomic E-state index is 0.463. The van der Waals surface area contributed by atoms with Gasteiger partial charge in [0.15, 0.2) is 0 Å². The first-order chi connectivity index (χ1) is 16.2. The van der Waals surface area contributed by atoms with Crippen molar-refractivity contribution < 1.29 is 4.74 Å². The van der Waals surface area contributed by atoms with Crippen LogP contribution in [0, 0.1) is 11.3 Å². The molecule has 0 aromatic carbocycles. The topological polar surface area (TPSA) is 103 Å². The van der Waals surface area contributed by atoms with E-state index in [4.69, 9.17) is 4.74 Å². The Hall–Kier alpha value is -4.03. The highest BCUT2D eigenvalue weighted by molar-refractivity contribution is 5.68. The Balaban J connectivity index is 1.36. The molecule has 33 heavy (non-hydrogen) atoms.